The van der Waals surface area contributed by atoms with Gasteiger partial charge in [0.25, 0.3) is 0 Å². The van der Waals surface area contributed by atoms with Gasteiger partial charge in [0.2, 0.25) is 0 Å². The molecule has 2 heteroatoms. The van der Waals surface area contributed by atoms with Crippen molar-refractivity contribution in [2.45, 2.75) is 0 Å². The Morgan fingerprint density at radius 3 is 1.83 bits per heavy atom. The minimum absolute atomic E-state index is 1.17. The number of H-pyrrole nitrogens is 1. The molecule has 0 unspecified atom stereocenters. The average Bonchev–Trinajstić information content (AvgIpc) is 3.67. The van der Waals surface area contributed by atoms with Gasteiger partial charge < -0.3 is 9.55 Å². The molecule has 0 saturated heterocycles. The maximum absolute atomic E-state index is 3.60. The predicted octanol–water partition coefficient (Wildman–Crippen LogP) is 12.1. The molecule has 2 aromatic heterocycles. The smallest absolute Gasteiger partial charge is 0.0619 e. The van der Waals surface area contributed by atoms with E-state index in [1.165, 1.54) is 93.1 Å². The number of fused-ring (bicyclic) bond motifs is 9. The highest BCUT2D eigenvalue weighted by atomic mass is 15.0. The van der Waals surface area contributed by atoms with Gasteiger partial charge in [-0.15, -0.1) is 0 Å². The molecule has 0 fully saturated rings. The lowest BCUT2D eigenvalue weighted by atomic mass is 9.93. The van der Waals surface area contributed by atoms with Gasteiger partial charge in [0.15, 0.2) is 0 Å². The second-order valence-corrected chi connectivity index (χ2v) is 12.3. The van der Waals surface area contributed by atoms with E-state index < -0.39 is 0 Å². The lowest BCUT2D eigenvalue weighted by Gasteiger charge is -2.13. The molecule has 0 aliphatic carbocycles. The molecule has 0 amide bonds. The predicted molar refractivity (Wildman–Crippen MR) is 196 cm³/mol. The minimum Gasteiger partial charge on any atom is -0.354 e. The third kappa shape index (κ3) is 3.71. The normalized spacial score (nSPS) is 11.9. The van der Waals surface area contributed by atoms with Gasteiger partial charge in [0.05, 0.1) is 11.0 Å². The van der Waals surface area contributed by atoms with Crippen LogP contribution in [0, 0.1) is 0 Å². The van der Waals surface area contributed by atoms with E-state index in [-0.39, 0.29) is 0 Å². The Bertz CT molecular complexity index is 2800. The molecule has 0 aliphatic rings. The van der Waals surface area contributed by atoms with Crippen LogP contribution in [0.1, 0.15) is 0 Å². The second kappa shape index (κ2) is 9.69. The Kier molecular flexibility index (Phi) is 5.31. The monoisotopic (exact) mass is 584 g/mol. The lowest BCUT2D eigenvalue weighted by molar-refractivity contribution is 1.19. The Hall–Kier alpha value is -6.12. The average molecular weight is 585 g/mol. The van der Waals surface area contributed by atoms with Crippen LogP contribution in [0.15, 0.2) is 164 Å². The summed E-state index contributed by atoms with van der Waals surface area (Å²) >= 11 is 0. The van der Waals surface area contributed by atoms with E-state index in [4.69, 9.17) is 0 Å². The Labute approximate surface area is 265 Å². The van der Waals surface area contributed by atoms with Crippen molar-refractivity contribution < 1.29 is 0 Å². The van der Waals surface area contributed by atoms with E-state index in [0.717, 1.165) is 0 Å². The topological polar surface area (TPSA) is 20.7 Å². The summed E-state index contributed by atoms with van der Waals surface area (Å²) in [5.41, 5.74) is 10.9. The number of para-hydroxylation sites is 3. The molecule has 0 bridgehead atoms. The Balaban J connectivity index is 1.14. The maximum atomic E-state index is 3.60. The number of hydrogen-bond donors (Lipinski definition) is 1. The minimum atomic E-state index is 1.17. The molecule has 2 heterocycles. The van der Waals surface area contributed by atoms with Crippen LogP contribution in [0.3, 0.4) is 0 Å². The van der Waals surface area contributed by atoms with Gasteiger partial charge in [0, 0.05) is 43.7 Å². The molecule has 214 valence electrons. The van der Waals surface area contributed by atoms with Gasteiger partial charge >= 0.3 is 0 Å². The van der Waals surface area contributed by atoms with Gasteiger partial charge in [-0.3, -0.25) is 0 Å². The molecule has 0 spiro atoms. The number of rotatable bonds is 3. The van der Waals surface area contributed by atoms with Crippen LogP contribution in [0.25, 0.3) is 93.1 Å². The van der Waals surface area contributed by atoms with Crippen LogP contribution < -0.4 is 0 Å². The van der Waals surface area contributed by atoms with Crippen LogP contribution >= 0.6 is 0 Å². The number of hydrogen-bond acceptors (Lipinski definition) is 0. The Morgan fingerprint density at radius 1 is 0.370 bits per heavy atom. The summed E-state index contributed by atoms with van der Waals surface area (Å²) in [5, 5.41) is 10.1. The van der Waals surface area contributed by atoms with Gasteiger partial charge in [0.1, 0.15) is 0 Å². The third-order valence-electron chi connectivity index (χ3n) is 9.68. The van der Waals surface area contributed by atoms with Crippen molar-refractivity contribution >= 4 is 65.2 Å². The van der Waals surface area contributed by atoms with Crippen LogP contribution in [-0.2, 0) is 0 Å². The molecule has 10 aromatic rings. The SMILES string of the molecule is c1ccc(-n2c3ccccc3c3cc(-c4ccc5cc(-c6ccc7c(c6)[nH]c6ccccc67)ccc5c4)c4ccccc4c32)cc1. The second-order valence-electron chi connectivity index (χ2n) is 12.3. The highest BCUT2D eigenvalue weighted by molar-refractivity contribution is 6.22. The largest absolute Gasteiger partial charge is 0.354 e. The first-order valence-electron chi connectivity index (χ1n) is 15.9. The number of nitrogens with zero attached hydrogens (tertiary/aromatic N) is 1. The van der Waals surface area contributed by atoms with E-state index >= 15 is 0 Å². The number of nitrogens with one attached hydrogen (secondary N) is 1. The molecule has 46 heavy (non-hydrogen) atoms. The Morgan fingerprint density at radius 2 is 0.978 bits per heavy atom. The van der Waals surface area contributed by atoms with Crippen molar-refractivity contribution in [2.75, 3.05) is 0 Å². The van der Waals surface area contributed by atoms with Crippen molar-refractivity contribution in [2.24, 2.45) is 0 Å². The number of aromatic amines is 1. The quantitative estimate of drug-likeness (QED) is 0.213. The van der Waals surface area contributed by atoms with Gasteiger partial charge in [-0.1, -0.05) is 115 Å². The summed E-state index contributed by atoms with van der Waals surface area (Å²) in [6.45, 7) is 0. The molecule has 0 saturated carbocycles. The summed E-state index contributed by atoms with van der Waals surface area (Å²) < 4.78 is 2.42. The van der Waals surface area contributed by atoms with Crippen molar-refractivity contribution in [1.29, 1.82) is 0 Å². The summed E-state index contributed by atoms with van der Waals surface area (Å²) in [6.07, 6.45) is 0. The van der Waals surface area contributed by atoms with Crippen molar-refractivity contribution in [1.82, 2.24) is 9.55 Å². The summed E-state index contributed by atoms with van der Waals surface area (Å²) in [6, 6.07) is 59.8. The zero-order chi connectivity index (χ0) is 30.2. The standard InChI is InChI=1S/C44H28N2/c1-2-10-33(11-3-1)46-43-17-9-7-14-37(43)40-27-39(34-12-4-5-15-38(34)44(40)46)32-21-20-28-24-29(18-19-30(28)25-32)31-22-23-36-35-13-6-8-16-41(35)45-42(36)26-31/h1-27,45H. The van der Waals surface area contributed by atoms with E-state index in [2.05, 4.69) is 173 Å². The highest BCUT2D eigenvalue weighted by Gasteiger charge is 2.18. The van der Waals surface area contributed by atoms with E-state index in [9.17, 15) is 0 Å². The molecular weight excluding hydrogens is 556 g/mol. The first kappa shape index (κ1) is 25.2. The number of aromatic nitrogens is 2. The molecule has 0 radical (unpaired) electrons. The molecule has 10 rings (SSSR count). The summed E-state index contributed by atoms with van der Waals surface area (Å²) in [5.74, 6) is 0. The molecular formula is C44H28N2. The maximum Gasteiger partial charge on any atom is 0.0619 e. The zero-order valence-electron chi connectivity index (χ0n) is 25.0. The fraction of sp³-hybridized carbons (Fsp3) is 0. The summed E-state index contributed by atoms with van der Waals surface area (Å²) in [7, 11) is 0. The molecule has 2 nitrogen and oxygen atoms in total. The molecule has 1 N–H and O–H groups in total. The van der Waals surface area contributed by atoms with Crippen LogP contribution in [0.5, 0.6) is 0 Å². The first-order valence-corrected chi connectivity index (χ1v) is 15.9. The third-order valence-corrected chi connectivity index (χ3v) is 9.68. The van der Waals surface area contributed by atoms with Crippen molar-refractivity contribution in [3.63, 3.8) is 0 Å². The van der Waals surface area contributed by atoms with Crippen LogP contribution in [0.2, 0.25) is 0 Å². The highest BCUT2D eigenvalue weighted by Crippen LogP contribution is 2.42. The molecule has 0 atom stereocenters. The van der Waals surface area contributed by atoms with E-state index in [1.807, 2.05) is 0 Å². The van der Waals surface area contributed by atoms with E-state index in [0.29, 0.717) is 0 Å². The van der Waals surface area contributed by atoms with Crippen molar-refractivity contribution in [3.05, 3.63) is 164 Å². The van der Waals surface area contributed by atoms with Crippen LogP contribution in [0.4, 0.5) is 0 Å². The zero-order valence-corrected chi connectivity index (χ0v) is 25.0. The fourth-order valence-corrected chi connectivity index (χ4v) is 7.53. The summed E-state index contributed by atoms with van der Waals surface area (Å²) in [4.78, 5) is 3.60. The van der Waals surface area contributed by atoms with E-state index in [1.54, 1.807) is 0 Å². The molecule has 8 aromatic carbocycles. The first-order chi connectivity index (χ1) is 22.8. The van der Waals surface area contributed by atoms with Gasteiger partial charge in [-0.2, -0.15) is 0 Å². The number of benzene rings is 8. The lowest BCUT2D eigenvalue weighted by Crippen LogP contribution is -1.94. The van der Waals surface area contributed by atoms with Crippen LogP contribution in [-0.4, -0.2) is 9.55 Å². The van der Waals surface area contributed by atoms with Crippen molar-refractivity contribution in [3.8, 4) is 27.9 Å². The molecule has 0 aliphatic heterocycles. The fourth-order valence-electron chi connectivity index (χ4n) is 7.53. The van der Waals surface area contributed by atoms with Gasteiger partial charge in [-0.05, 0) is 86.9 Å². The van der Waals surface area contributed by atoms with Gasteiger partial charge in [-0.25, -0.2) is 0 Å².